The van der Waals surface area contributed by atoms with Crippen molar-refractivity contribution in [2.45, 2.75) is 5.03 Å². The van der Waals surface area contributed by atoms with E-state index in [1.165, 1.54) is 18.1 Å². The fourth-order valence-electron chi connectivity index (χ4n) is 1.05. The van der Waals surface area contributed by atoms with Gasteiger partial charge in [-0.25, -0.2) is 14.8 Å². The zero-order valence-corrected chi connectivity index (χ0v) is 7.41. The average molecular weight is 194 g/mol. The lowest BCUT2D eigenvalue weighted by Crippen LogP contribution is -2.07. The minimum Gasteiger partial charge on any atom is -0.478 e. The van der Waals surface area contributed by atoms with E-state index in [0.29, 0.717) is 11.3 Å². The normalized spacial score (nSPS) is 14.6. The van der Waals surface area contributed by atoms with Crippen molar-refractivity contribution in [2.24, 2.45) is 0 Å². The van der Waals surface area contributed by atoms with E-state index in [-0.39, 0.29) is 0 Å². The zero-order chi connectivity index (χ0) is 9.26. The van der Waals surface area contributed by atoms with E-state index in [9.17, 15) is 4.79 Å². The van der Waals surface area contributed by atoms with Gasteiger partial charge in [0, 0.05) is 23.1 Å². The number of nitrogens with zero attached hydrogens (tertiary/aromatic N) is 2. The van der Waals surface area contributed by atoms with E-state index in [1.807, 2.05) is 0 Å². The number of rotatable bonds is 1. The van der Waals surface area contributed by atoms with E-state index >= 15 is 0 Å². The molecule has 1 aromatic rings. The van der Waals surface area contributed by atoms with Gasteiger partial charge in [-0.1, -0.05) is 0 Å². The van der Waals surface area contributed by atoms with Crippen LogP contribution in [0.1, 0.15) is 5.56 Å². The van der Waals surface area contributed by atoms with Crippen LogP contribution in [0.25, 0.3) is 6.08 Å². The molecule has 2 rings (SSSR count). The number of fused-ring (bicyclic) bond motifs is 1. The number of carboxylic acid groups (broad SMARTS) is 1. The van der Waals surface area contributed by atoms with Crippen LogP contribution >= 0.6 is 11.8 Å². The van der Waals surface area contributed by atoms with Crippen LogP contribution in [0.15, 0.2) is 23.1 Å². The van der Waals surface area contributed by atoms with Crippen LogP contribution < -0.4 is 0 Å². The molecule has 5 heteroatoms. The summed E-state index contributed by atoms with van der Waals surface area (Å²) in [6, 6.07) is 0. The van der Waals surface area contributed by atoms with E-state index < -0.39 is 5.97 Å². The first-order chi connectivity index (χ1) is 6.27. The quantitative estimate of drug-likeness (QED) is 0.677. The maximum absolute atomic E-state index is 10.6. The molecular weight excluding hydrogens is 188 g/mol. The molecule has 0 spiro atoms. The summed E-state index contributed by atoms with van der Waals surface area (Å²) in [5.74, 6) is -0.402. The first-order valence-corrected chi connectivity index (χ1v) is 4.62. The van der Waals surface area contributed by atoms with Crippen molar-refractivity contribution in [3.63, 3.8) is 0 Å². The number of hydrogen-bond acceptors (Lipinski definition) is 4. The van der Waals surface area contributed by atoms with Crippen LogP contribution in [0.2, 0.25) is 0 Å². The topological polar surface area (TPSA) is 63.1 Å². The number of aliphatic carboxylic acids is 1. The summed E-state index contributed by atoms with van der Waals surface area (Å²) in [6.07, 6.45) is 4.71. The van der Waals surface area contributed by atoms with Crippen LogP contribution in [-0.4, -0.2) is 26.8 Å². The first-order valence-electron chi connectivity index (χ1n) is 3.64. The van der Waals surface area contributed by atoms with Gasteiger partial charge in [-0.05, 0) is 6.08 Å². The molecule has 0 atom stereocenters. The molecule has 1 aliphatic rings. The largest absolute Gasteiger partial charge is 0.478 e. The maximum atomic E-state index is 10.6. The van der Waals surface area contributed by atoms with Gasteiger partial charge in [0.25, 0.3) is 0 Å². The lowest BCUT2D eigenvalue weighted by atomic mass is 10.2. The third kappa shape index (κ3) is 1.55. The highest BCUT2D eigenvalue weighted by molar-refractivity contribution is 7.99. The van der Waals surface area contributed by atoms with Crippen molar-refractivity contribution in [3.05, 3.63) is 23.7 Å². The van der Waals surface area contributed by atoms with Crippen LogP contribution in [0.5, 0.6) is 0 Å². The summed E-state index contributed by atoms with van der Waals surface area (Å²) < 4.78 is 0. The second-order valence-corrected chi connectivity index (χ2v) is 3.51. The Balaban J connectivity index is 2.44. The van der Waals surface area contributed by atoms with E-state index in [4.69, 9.17) is 5.11 Å². The van der Waals surface area contributed by atoms with E-state index in [1.54, 1.807) is 12.3 Å². The molecular formula is C8H6N2O2S. The van der Waals surface area contributed by atoms with Crippen LogP contribution in [0, 0.1) is 0 Å². The molecule has 0 saturated heterocycles. The van der Waals surface area contributed by atoms with Gasteiger partial charge in [0.1, 0.15) is 11.4 Å². The summed E-state index contributed by atoms with van der Waals surface area (Å²) in [7, 11) is 0. The second-order valence-electron chi connectivity index (χ2n) is 2.55. The molecule has 0 aliphatic carbocycles. The first kappa shape index (κ1) is 8.25. The lowest BCUT2D eigenvalue weighted by molar-refractivity contribution is -0.132. The smallest absolute Gasteiger partial charge is 0.332 e. The van der Waals surface area contributed by atoms with Gasteiger partial charge in [-0.15, -0.1) is 11.8 Å². The monoisotopic (exact) mass is 194 g/mol. The number of thioether (sulfide) groups is 1. The highest BCUT2D eigenvalue weighted by Crippen LogP contribution is 2.28. The number of carboxylic acids is 1. The van der Waals surface area contributed by atoms with Crippen molar-refractivity contribution >= 4 is 23.8 Å². The van der Waals surface area contributed by atoms with E-state index in [2.05, 4.69) is 9.97 Å². The predicted molar refractivity (Wildman–Crippen MR) is 48.4 cm³/mol. The van der Waals surface area contributed by atoms with Crippen molar-refractivity contribution in [1.29, 1.82) is 0 Å². The molecule has 0 unspecified atom stereocenters. The lowest BCUT2D eigenvalue weighted by Gasteiger charge is -2.10. The Kier molecular flexibility index (Phi) is 2.02. The predicted octanol–water partition coefficient (Wildman–Crippen LogP) is 1.05. The fraction of sp³-hybridized carbons (Fsp3) is 0.125. The highest BCUT2D eigenvalue weighted by Gasteiger charge is 2.16. The number of aromatic nitrogens is 2. The molecule has 0 amide bonds. The van der Waals surface area contributed by atoms with Crippen LogP contribution in [-0.2, 0) is 4.79 Å². The fourth-order valence-corrected chi connectivity index (χ4v) is 1.95. The molecule has 0 radical (unpaired) electrons. The Bertz CT molecular complexity index is 389. The van der Waals surface area contributed by atoms with Gasteiger partial charge in [0.15, 0.2) is 0 Å². The molecule has 1 N–H and O–H groups in total. The van der Waals surface area contributed by atoms with Gasteiger partial charge >= 0.3 is 5.97 Å². The Morgan fingerprint density at radius 2 is 2.46 bits per heavy atom. The van der Waals surface area contributed by atoms with E-state index in [0.717, 1.165) is 10.6 Å². The van der Waals surface area contributed by atoms with Gasteiger partial charge in [0.05, 0.1) is 0 Å². The molecule has 0 fully saturated rings. The van der Waals surface area contributed by atoms with Gasteiger partial charge in [-0.3, -0.25) is 0 Å². The van der Waals surface area contributed by atoms with Gasteiger partial charge in [-0.2, -0.15) is 0 Å². The zero-order valence-electron chi connectivity index (χ0n) is 6.60. The molecule has 1 aliphatic heterocycles. The summed E-state index contributed by atoms with van der Waals surface area (Å²) in [4.78, 5) is 18.5. The third-order valence-corrected chi connectivity index (χ3v) is 2.74. The molecule has 0 bridgehead atoms. The Morgan fingerprint density at radius 1 is 1.62 bits per heavy atom. The van der Waals surface area contributed by atoms with Crippen LogP contribution in [0.4, 0.5) is 0 Å². The maximum Gasteiger partial charge on any atom is 0.332 e. The Hall–Kier alpha value is -1.36. The molecule has 4 nitrogen and oxygen atoms in total. The number of hydrogen-bond donors (Lipinski definition) is 1. The van der Waals surface area contributed by atoms with Crippen molar-refractivity contribution in [3.8, 4) is 0 Å². The summed E-state index contributed by atoms with van der Waals surface area (Å²) in [5, 5.41) is 9.59. The Morgan fingerprint density at radius 3 is 3.23 bits per heavy atom. The molecule has 2 heterocycles. The standard InChI is InChI=1S/C8H6N2O2S/c11-8(12)6-1-5-2-9-4-10-7(5)13-3-6/h1-2,4H,3H2,(H,11,12). The minimum atomic E-state index is -0.873. The molecule has 1 aromatic heterocycles. The van der Waals surface area contributed by atoms with Crippen molar-refractivity contribution < 1.29 is 9.90 Å². The minimum absolute atomic E-state index is 0.396. The van der Waals surface area contributed by atoms with Crippen LogP contribution in [0.3, 0.4) is 0 Å². The average Bonchev–Trinajstić information content (AvgIpc) is 2.17. The highest BCUT2D eigenvalue weighted by atomic mass is 32.2. The Labute approximate surface area is 78.7 Å². The molecule has 0 aromatic carbocycles. The molecule has 13 heavy (non-hydrogen) atoms. The summed E-state index contributed by atoms with van der Waals surface area (Å²) in [6.45, 7) is 0. The molecule has 66 valence electrons. The summed E-state index contributed by atoms with van der Waals surface area (Å²) in [5.41, 5.74) is 1.18. The SMILES string of the molecule is O=C(O)C1=Cc2cncnc2SC1. The van der Waals surface area contributed by atoms with Crippen molar-refractivity contribution in [1.82, 2.24) is 9.97 Å². The van der Waals surface area contributed by atoms with Crippen molar-refractivity contribution in [2.75, 3.05) is 5.75 Å². The summed E-state index contributed by atoms with van der Waals surface area (Å²) >= 11 is 1.42. The third-order valence-electron chi connectivity index (χ3n) is 1.67. The van der Waals surface area contributed by atoms with Gasteiger partial charge < -0.3 is 5.11 Å². The molecule has 0 saturated carbocycles. The van der Waals surface area contributed by atoms with Gasteiger partial charge in [0.2, 0.25) is 0 Å². The number of carbonyl (C=O) groups is 1. The second kappa shape index (κ2) is 3.18.